The summed E-state index contributed by atoms with van der Waals surface area (Å²) in [5.41, 5.74) is 1.55. The molecule has 0 aliphatic heterocycles. The van der Waals surface area contributed by atoms with E-state index in [0.717, 1.165) is 28.3 Å². The van der Waals surface area contributed by atoms with Crippen molar-refractivity contribution < 1.29 is 22.4 Å². The molecule has 7 nitrogen and oxygen atoms in total. The second-order valence-electron chi connectivity index (χ2n) is 8.18. The Morgan fingerprint density at radius 3 is 2.17 bits per heavy atom. The van der Waals surface area contributed by atoms with Gasteiger partial charge in [-0.15, -0.1) is 0 Å². The number of carbonyl (C=O) groups excluding carboxylic acids is 2. The second-order valence-corrected chi connectivity index (χ2v) is 10.5. The molecule has 0 fully saturated rings. The van der Waals surface area contributed by atoms with E-state index in [1.165, 1.54) is 24.1 Å². The van der Waals surface area contributed by atoms with Gasteiger partial charge >= 0.3 is 0 Å². The molecule has 0 saturated carbocycles. The molecule has 36 heavy (non-hydrogen) atoms. The normalized spacial score (nSPS) is 12.0. The van der Waals surface area contributed by atoms with Crippen LogP contribution in [0.4, 0.5) is 10.1 Å². The zero-order chi connectivity index (χ0) is 26.3. The molecule has 10 heteroatoms. The lowest BCUT2D eigenvalue weighted by molar-refractivity contribution is -0.139. The quantitative estimate of drug-likeness (QED) is 0.433. The van der Waals surface area contributed by atoms with Crippen LogP contribution in [0.1, 0.15) is 11.1 Å². The highest BCUT2D eigenvalue weighted by Gasteiger charge is 2.32. The van der Waals surface area contributed by atoms with E-state index in [2.05, 4.69) is 5.32 Å². The topological polar surface area (TPSA) is 86.8 Å². The summed E-state index contributed by atoms with van der Waals surface area (Å²) < 4.78 is 39.5. The number of halogens is 2. The summed E-state index contributed by atoms with van der Waals surface area (Å²) in [6.07, 6.45) is 1.16. The summed E-state index contributed by atoms with van der Waals surface area (Å²) in [5.74, 6) is -1.57. The summed E-state index contributed by atoms with van der Waals surface area (Å²) in [7, 11) is -2.44. The zero-order valence-electron chi connectivity index (χ0n) is 19.9. The molecule has 0 saturated heterocycles. The Hall–Kier alpha value is -3.43. The van der Waals surface area contributed by atoms with E-state index >= 15 is 0 Å². The third-order valence-electron chi connectivity index (χ3n) is 5.61. The molecule has 0 aliphatic carbocycles. The molecule has 1 N–H and O–H groups in total. The van der Waals surface area contributed by atoms with Crippen molar-refractivity contribution in [3.63, 3.8) is 0 Å². The second kappa shape index (κ2) is 12.0. The molecule has 0 bridgehead atoms. The Kier molecular flexibility index (Phi) is 9.06. The molecule has 0 radical (unpaired) electrons. The maximum absolute atomic E-state index is 13.7. The number of sulfonamides is 1. The van der Waals surface area contributed by atoms with Gasteiger partial charge in [-0.1, -0.05) is 60.1 Å². The first-order valence-corrected chi connectivity index (χ1v) is 13.3. The summed E-state index contributed by atoms with van der Waals surface area (Å²) >= 11 is 6.36. The Balaban J connectivity index is 2.03. The van der Waals surface area contributed by atoms with Gasteiger partial charge in [-0.05, 0) is 41.5 Å². The van der Waals surface area contributed by atoms with E-state index in [-0.39, 0.29) is 18.7 Å². The van der Waals surface area contributed by atoms with Crippen molar-refractivity contribution in [1.29, 1.82) is 0 Å². The van der Waals surface area contributed by atoms with Crippen molar-refractivity contribution >= 4 is 39.1 Å². The van der Waals surface area contributed by atoms with Crippen LogP contribution in [0.3, 0.4) is 0 Å². The van der Waals surface area contributed by atoms with E-state index in [1.54, 1.807) is 24.3 Å². The van der Waals surface area contributed by atoms with Crippen molar-refractivity contribution in [2.24, 2.45) is 0 Å². The van der Waals surface area contributed by atoms with Gasteiger partial charge in [0.1, 0.15) is 18.4 Å². The molecule has 0 aliphatic rings. The minimum Gasteiger partial charge on any atom is -0.357 e. The van der Waals surface area contributed by atoms with Crippen molar-refractivity contribution in [2.45, 2.75) is 19.0 Å². The maximum Gasteiger partial charge on any atom is 0.244 e. The van der Waals surface area contributed by atoms with Gasteiger partial charge in [-0.25, -0.2) is 12.8 Å². The lowest BCUT2D eigenvalue weighted by Crippen LogP contribution is -2.52. The predicted octanol–water partition coefficient (Wildman–Crippen LogP) is 3.63. The van der Waals surface area contributed by atoms with Gasteiger partial charge in [0, 0.05) is 25.0 Å². The molecule has 190 valence electrons. The maximum atomic E-state index is 13.7. The van der Waals surface area contributed by atoms with Crippen molar-refractivity contribution in [2.75, 3.05) is 24.2 Å². The van der Waals surface area contributed by atoms with Crippen LogP contribution < -0.4 is 9.62 Å². The van der Waals surface area contributed by atoms with E-state index in [1.807, 2.05) is 30.3 Å². The molecule has 1 atom stereocenters. The van der Waals surface area contributed by atoms with Gasteiger partial charge in [0.2, 0.25) is 21.8 Å². The van der Waals surface area contributed by atoms with Crippen LogP contribution in [0.5, 0.6) is 0 Å². The molecular formula is C26H27ClFN3O4S. The molecule has 3 rings (SSSR count). The summed E-state index contributed by atoms with van der Waals surface area (Å²) in [5, 5.41) is 3.01. The zero-order valence-corrected chi connectivity index (χ0v) is 21.5. The van der Waals surface area contributed by atoms with Gasteiger partial charge in [-0.3, -0.25) is 13.9 Å². The molecule has 2 amide bonds. The Morgan fingerprint density at radius 1 is 0.972 bits per heavy atom. The molecule has 0 heterocycles. The highest BCUT2D eigenvalue weighted by molar-refractivity contribution is 7.92. The number of anilines is 1. The minimum atomic E-state index is -3.91. The Labute approximate surface area is 215 Å². The SMILES string of the molecule is CNC(=O)[C@@H](Cc1ccccc1)N(Cc1ccccc1Cl)C(=O)CN(c1ccc(F)cc1)S(C)(=O)=O. The van der Waals surface area contributed by atoms with Gasteiger partial charge in [0.15, 0.2) is 0 Å². The van der Waals surface area contributed by atoms with Crippen molar-refractivity contribution in [3.05, 3.63) is 101 Å². The molecule has 3 aromatic rings. The number of rotatable bonds is 10. The van der Waals surface area contributed by atoms with Crippen molar-refractivity contribution in [3.8, 4) is 0 Å². The lowest BCUT2D eigenvalue weighted by atomic mass is 10.0. The van der Waals surface area contributed by atoms with E-state index in [4.69, 9.17) is 11.6 Å². The highest BCUT2D eigenvalue weighted by Crippen LogP contribution is 2.23. The fourth-order valence-corrected chi connectivity index (χ4v) is 4.80. The molecular weight excluding hydrogens is 505 g/mol. The average molecular weight is 532 g/mol. The number of nitrogens with zero attached hydrogens (tertiary/aromatic N) is 2. The van der Waals surface area contributed by atoms with Crippen LogP contribution in [-0.2, 0) is 32.6 Å². The third-order valence-corrected chi connectivity index (χ3v) is 7.12. The number of hydrogen-bond acceptors (Lipinski definition) is 4. The highest BCUT2D eigenvalue weighted by atomic mass is 35.5. The smallest absolute Gasteiger partial charge is 0.244 e. The molecule has 0 aromatic heterocycles. The Bertz CT molecular complexity index is 1300. The first kappa shape index (κ1) is 27.2. The van der Waals surface area contributed by atoms with Crippen LogP contribution in [0.2, 0.25) is 5.02 Å². The summed E-state index contributed by atoms with van der Waals surface area (Å²) in [4.78, 5) is 28.1. The third kappa shape index (κ3) is 7.05. The van der Waals surface area contributed by atoms with Gasteiger partial charge in [-0.2, -0.15) is 0 Å². The fraction of sp³-hybridized carbons (Fsp3) is 0.231. The van der Waals surface area contributed by atoms with Crippen LogP contribution in [0.25, 0.3) is 0 Å². The molecule has 3 aromatic carbocycles. The number of likely N-dealkylation sites (N-methyl/N-ethyl adjacent to an activating group) is 1. The first-order valence-electron chi connectivity index (χ1n) is 11.1. The number of carbonyl (C=O) groups is 2. The van der Waals surface area contributed by atoms with E-state index in [0.29, 0.717) is 10.6 Å². The number of nitrogens with one attached hydrogen (secondary N) is 1. The number of amides is 2. The standard InChI is InChI=1S/C26H27ClFN3O4S/c1-29-26(33)24(16-19-8-4-3-5-9-19)30(17-20-10-6-7-11-23(20)27)25(32)18-31(36(2,34)35)22-14-12-21(28)13-15-22/h3-15,24H,16-18H2,1-2H3,(H,29,33)/t24-/m1/s1. The Morgan fingerprint density at radius 2 is 1.58 bits per heavy atom. The van der Waals surface area contributed by atoms with Crippen LogP contribution in [0, 0.1) is 5.82 Å². The van der Waals surface area contributed by atoms with Crippen LogP contribution >= 0.6 is 11.6 Å². The predicted molar refractivity (Wildman–Crippen MR) is 139 cm³/mol. The van der Waals surface area contributed by atoms with Gasteiger partial charge < -0.3 is 10.2 Å². The average Bonchev–Trinajstić information content (AvgIpc) is 2.85. The monoisotopic (exact) mass is 531 g/mol. The van der Waals surface area contributed by atoms with E-state index < -0.39 is 40.2 Å². The first-order chi connectivity index (χ1) is 17.1. The largest absolute Gasteiger partial charge is 0.357 e. The minimum absolute atomic E-state index is 0.0234. The van der Waals surface area contributed by atoms with Gasteiger partial charge in [0.25, 0.3) is 0 Å². The number of hydrogen-bond donors (Lipinski definition) is 1. The van der Waals surface area contributed by atoms with E-state index in [9.17, 15) is 22.4 Å². The summed E-state index contributed by atoms with van der Waals surface area (Å²) in [6, 6.07) is 19.9. The molecule has 0 unspecified atom stereocenters. The van der Waals surface area contributed by atoms with Gasteiger partial charge in [0.05, 0.1) is 11.9 Å². The van der Waals surface area contributed by atoms with Crippen LogP contribution in [-0.4, -0.2) is 51.0 Å². The lowest BCUT2D eigenvalue weighted by Gasteiger charge is -2.33. The molecule has 0 spiro atoms. The fourth-order valence-electron chi connectivity index (χ4n) is 3.75. The summed E-state index contributed by atoms with van der Waals surface area (Å²) in [6.45, 7) is -0.609. The van der Waals surface area contributed by atoms with Crippen LogP contribution in [0.15, 0.2) is 78.9 Å². The number of benzene rings is 3. The van der Waals surface area contributed by atoms with Crippen molar-refractivity contribution in [1.82, 2.24) is 10.2 Å².